The molecule has 0 aromatic heterocycles. The second-order valence-electron chi connectivity index (χ2n) is 5.68. The van der Waals surface area contributed by atoms with Gasteiger partial charge in [-0.3, -0.25) is 0 Å². The molecule has 0 aromatic carbocycles. The summed E-state index contributed by atoms with van der Waals surface area (Å²) in [6, 6.07) is 0.773. The van der Waals surface area contributed by atoms with Gasteiger partial charge in [0, 0.05) is 19.1 Å². The summed E-state index contributed by atoms with van der Waals surface area (Å²) in [7, 11) is 0. The van der Waals surface area contributed by atoms with Crippen molar-refractivity contribution < 1.29 is 14.6 Å². The van der Waals surface area contributed by atoms with Crippen LogP contribution in [-0.4, -0.2) is 47.8 Å². The summed E-state index contributed by atoms with van der Waals surface area (Å²) in [4.78, 5) is 13.0. The molecule has 0 amide bonds. The highest BCUT2D eigenvalue weighted by Gasteiger charge is 2.31. The van der Waals surface area contributed by atoms with Gasteiger partial charge in [-0.1, -0.05) is 13.3 Å². The lowest BCUT2D eigenvalue weighted by Gasteiger charge is -2.35. The van der Waals surface area contributed by atoms with Gasteiger partial charge < -0.3 is 14.7 Å². The van der Waals surface area contributed by atoms with Crippen LogP contribution in [-0.2, 0) is 9.53 Å². The van der Waals surface area contributed by atoms with Gasteiger partial charge in [0.25, 0.3) is 0 Å². The Morgan fingerprint density at radius 1 is 1.28 bits per heavy atom. The molecule has 2 atom stereocenters. The minimum atomic E-state index is -0.862. The van der Waals surface area contributed by atoms with Gasteiger partial charge in [0.05, 0.1) is 6.10 Å². The van der Waals surface area contributed by atoms with E-state index in [0.29, 0.717) is 0 Å². The topological polar surface area (TPSA) is 49.8 Å². The van der Waals surface area contributed by atoms with E-state index in [2.05, 4.69) is 11.8 Å². The standard InChI is InChI=1S/C14H25NO3/c1-2-11-3-4-12(9-11)15-7-5-13(6-8-15)18-10-14(16)17/h11-13H,2-10H2,1H3,(H,16,17). The van der Waals surface area contributed by atoms with Crippen molar-refractivity contribution >= 4 is 5.97 Å². The van der Waals surface area contributed by atoms with E-state index in [4.69, 9.17) is 9.84 Å². The van der Waals surface area contributed by atoms with Crippen molar-refractivity contribution in [3.8, 4) is 0 Å². The van der Waals surface area contributed by atoms with Crippen LogP contribution < -0.4 is 0 Å². The van der Waals surface area contributed by atoms with Crippen LogP contribution in [0.5, 0.6) is 0 Å². The van der Waals surface area contributed by atoms with E-state index >= 15 is 0 Å². The number of hydrogen-bond donors (Lipinski definition) is 1. The molecule has 18 heavy (non-hydrogen) atoms. The Morgan fingerprint density at radius 2 is 2.00 bits per heavy atom. The maximum absolute atomic E-state index is 10.4. The number of hydrogen-bond acceptors (Lipinski definition) is 3. The molecule has 1 N–H and O–H groups in total. The predicted molar refractivity (Wildman–Crippen MR) is 69.6 cm³/mol. The Kier molecular flexibility index (Phi) is 5.01. The Hall–Kier alpha value is -0.610. The van der Waals surface area contributed by atoms with E-state index in [-0.39, 0.29) is 12.7 Å². The van der Waals surface area contributed by atoms with Crippen LogP contribution in [0.15, 0.2) is 0 Å². The second-order valence-corrected chi connectivity index (χ2v) is 5.68. The molecule has 1 heterocycles. The third-order valence-corrected chi connectivity index (χ3v) is 4.53. The highest BCUT2D eigenvalue weighted by atomic mass is 16.5. The van der Waals surface area contributed by atoms with E-state index in [1.54, 1.807) is 0 Å². The smallest absolute Gasteiger partial charge is 0.329 e. The van der Waals surface area contributed by atoms with Gasteiger partial charge >= 0.3 is 5.97 Å². The molecule has 2 fully saturated rings. The minimum Gasteiger partial charge on any atom is -0.480 e. The molecule has 1 saturated carbocycles. The number of carboxylic acid groups (broad SMARTS) is 1. The van der Waals surface area contributed by atoms with Gasteiger partial charge in [0.15, 0.2) is 0 Å². The molecule has 1 aliphatic heterocycles. The highest BCUT2D eigenvalue weighted by molar-refractivity contribution is 5.68. The van der Waals surface area contributed by atoms with E-state index in [1.807, 2.05) is 0 Å². The first-order valence-corrected chi connectivity index (χ1v) is 7.26. The van der Waals surface area contributed by atoms with E-state index in [1.165, 1.54) is 25.7 Å². The van der Waals surface area contributed by atoms with E-state index in [0.717, 1.165) is 37.9 Å². The summed E-state index contributed by atoms with van der Waals surface area (Å²) in [5.74, 6) is 0.0648. The van der Waals surface area contributed by atoms with Crippen molar-refractivity contribution in [2.45, 2.75) is 57.6 Å². The summed E-state index contributed by atoms with van der Waals surface area (Å²) >= 11 is 0. The van der Waals surface area contributed by atoms with Gasteiger partial charge in [-0.15, -0.1) is 0 Å². The third-order valence-electron chi connectivity index (χ3n) is 4.53. The molecule has 4 nitrogen and oxygen atoms in total. The number of nitrogens with zero attached hydrogens (tertiary/aromatic N) is 1. The summed E-state index contributed by atoms with van der Waals surface area (Å²) in [5, 5.41) is 8.59. The molecule has 1 saturated heterocycles. The average Bonchev–Trinajstić information content (AvgIpc) is 2.85. The van der Waals surface area contributed by atoms with Crippen LogP contribution >= 0.6 is 0 Å². The maximum Gasteiger partial charge on any atom is 0.329 e. The number of likely N-dealkylation sites (tertiary alicyclic amines) is 1. The molecule has 1 aliphatic carbocycles. The lowest BCUT2D eigenvalue weighted by atomic mass is 10.0. The number of rotatable bonds is 5. The molecular weight excluding hydrogens is 230 g/mol. The summed E-state index contributed by atoms with van der Waals surface area (Å²) in [5.41, 5.74) is 0. The zero-order valence-corrected chi connectivity index (χ0v) is 11.3. The molecule has 0 bridgehead atoms. The number of piperidine rings is 1. The monoisotopic (exact) mass is 255 g/mol. The first-order valence-electron chi connectivity index (χ1n) is 7.26. The van der Waals surface area contributed by atoms with Gasteiger partial charge in [0.1, 0.15) is 6.61 Å². The Morgan fingerprint density at radius 3 is 2.56 bits per heavy atom. The molecule has 0 spiro atoms. The highest BCUT2D eigenvalue weighted by Crippen LogP contribution is 2.32. The fourth-order valence-electron chi connectivity index (χ4n) is 3.35. The summed E-state index contributed by atoms with van der Waals surface area (Å²) < 4.78 is 5.37. The molecule has 104 valence electrons. The molecule has 4 heteroatoms. The third kappa shape index (κ3) is 3.69. The average molecular weight is 255 g/mol. The largest absolute Gasteiger partial charge is 0.480 e. The van der Waals surface area contributed by atoms with Gasteiger partial charge in [0.2, 0.25) is 0 Å². The van der Waals surface area contributed by atoms with Crippen molar-refractivity contribution in [2.75, 3.05) is 19.7 Å². The van der Waals surface area contributed by atoms with Crippen LogP contribution in [0, 0.1) is 5.92 Å². The number of ether oxygens (including phenoxy) is 1. The van der Waals surface area contributed by atoms with E-state index in [9.17, 15) is 4.79 Å². The fourth-order valence-corrected chi connectivity index (χ4v) is 3.35. The van der Waals surface area contributed by atoms with Crippen molar-refractivity contribution in [2.24, 2.45) is 5.92 Å². The van der Waals surface area contributed by atoms with Crippen LogP contribution in [0.1, 0.15) is 45.4 Å². The molecule has 2 unspecified atom stereocenters. The van der Waals surface area contributed by atoms with Crippen LogP contribution in [0.3, 0.4) is 0 Å². The van der Waals surface area contributed by atoms with E-state index < -0.39 is 5.97 Å². The normalized spacial score (nSPS) is 30.7. The van der Waals surface area contributed by atoms with Crippen molar-refractivity contribution in [1.29, 1.82) is 0 Å². The van der Waals surface area contributed by atoms with Crippen LogP contribution in [0.25, 0.3) is 0 Å². The Balaban J connectivity index is 1.69. The number of aliphatic carboxylic acids is 1. The molecule has 0 aromatic rings. The maximum atomic E-state index is 10.4. The Labute approximate surface area is 109 Å². The predicted octanol–water partition coefficient (Wildman–Crippen LogP) is 2.13. The molecule has 0 radical (unpaired) electrons. The fraction of sp³-hybridized carbons (Fsp3) is 0.929. The van der Waals surface area contributed by atoms with Crippen molar-refractivity contribution in [3.63, 3.8) is 0 Å². The van der Waals surface area contributed by atoms with Crippen molar-refractivity contribution in [1.82, 2.24) is 4.90 Å². The zero-order valence-electron chi connectivity index (χ0n) is 11.3. The summed E-state index contributed by atoms with van der Waals surface area (Å²) in [6.07, 6.45) is 7.53. The number of carboxylic acids is 1. The lowest BCUT2D eigenvalue weighted by Crippen LogP contribution is -2.42. The molecule has 2 rings (SSSR count). The van der Waals surface area contributed by atoms with Crippen LogP contribution in [0.2, 0.25) is 0 Å². The quantitative estimate of drug-likeness (QED) is 0.817. The zero-order chi connectivity index (χ0) is 13.0. The first kappa shape index (κ1) is 13.8. The molecule has 2 aliphatic rings. The minimum absolute atomic E-state index is 0.147. The second kappa shape index (κ2) is 6.53. The SMILES string of the molecule is CCC1CCC(N2CCC(OCC(=O)O)CC2)C1. The Bertz CT molecular complexity index is 274. The number of carbonyl (C=O) groups is 1. The van der Waals surface area contributed by atoms with Gasteiger partial charge in [-0.05, 0) is 38.0 Å². The first-order chi connectivity index (χ1) is 8.69. The van der Waals surface area contributed by atoms with Gasteiger partial charge in [-0.2, -0.15) is 0 Å². The molecular formula is C14H25NO3. The van der Waals surface area contributed by atoms with Crippen molar-refractivity contribution in [3.05, 3.63) is 0 Å². The summed E-state index contributed by atoms with van der Waals surface area (Å²) in [6.45, 7) is 4.29. The van der Waals surface area contributed by atoms with Crippen LogP contribution in [0.4, 0.5) is 0 Å². The van der Waals surface area contributed by atoms with Gasteiger partial charge in [-0.25, -0.2) is 4.79 Å². The lowest BCUT2D eigenvalue weighted by molar-refractivity contribution is -0.145.